The lowest BCUT2D eigenvalue weighted by Gasteiger charge is -2.24. The first-order chi connectivity index (χ1) is 7.56. The van der Waals surface area contributed by atoms with Gasteiger partial charge in [0, 0.05) is 19.5 Å². The van der Waals surface area contributed by atoms with Crippen LogP contribution in [0.3, 0.4) is 0 Å². The number of nitrogens with two attached hydrogens (primary N) is 1. The van der Waals surface area contributed by atoms with E-state index in [0.717, 1.165) is 18.0 Å². The van der Waals surface area contributed by atoms with Gasteiger partial charge in [0.1, 0.15) is 5.75 Å². The van der Waals surface area contributed by atoms with Crippen molar-refractivity contribution in [3.63, 3.8) is 0 Å². The van der Waals surface area contributed by atoms with E-state index >= 15 is 0 Å². The number of anilines is 1. The molecule has 0 amide bonds. The topological polar surface area (TPSA) is 38.5 Å². The summed E-state index contributed by atoms with van der Waals surface area (Å²) in [6.07, 6.45) is 0. The van der Waals surface area contributed by atoms with E-state index in [-0.39, 0.29) is 5.92 Å². The number of nitrogens with zero attached hydrogens (tertiary/aromatic N) is 1. The van der Waals surface area contributed by atoms with Gasteiger partial charge in [-0.3, -0.25) is 0 Å². The van der Waals surface area contributed by atoms with Crippen molar-refractivity contribution in [1.82, 2.24) is 0 Å². The molecule has 0 saturated heterocycles. The van der Waals surface area contributed by atoms with Gasteiger partial charge in [-0.2, -0.15) is 0 Å². The molecule has 0 heterocycles. The smallest absolute Gasteiger partial charge is 0.142 e. The standard InChI is InChI=1S/C12H18N2OS/c1-9(12(13)16)8-14(2)10-6-4-5-7-11(10)15-3/h4-7,9H,8H2,1-3H3,(H2,13,16). The van der Waals surface area contributed by atoms with Gasteiger partial charge in [0.15, 0.2) is 0 Å². The molecular weight excluding hydrogens is 220 g/mol. The molecule has 88 valence electrons. The van der Waals surface area contributed by atoms with E-state index in [4.69, 9.17) is 22.7 Å². The van der Waals surface area contributed by atoms with Crippen LogP contribution in [0.2, 0.25) is 0 Å². The minimum absolute atomic E-state index is 0.185. The summed E-state index contributed by atoms with van der Waals surface area (Å²) < 4.78 is 5.30. The van der Waals surface area contributed by atoms with E-state index in [1.54, 1.807) is 7.11 Å². The van der Waals surface area contributed by atoms with Crippen LogP contribution in [0.4, 0.5) is 5.69 Å². The number of thiocarbonyl (C=S) groups is 1. The first-order valence-corrected chi connectivity index (χ1v) is 5.60. The van der Waals surface area contributed by atoms with Crippen LogP contribution in [0.15, 0.2) is 24.3 Å². The van der Waals surface area contributed by atoms with Crippen molar-refractivity contribution in [2.75, 3.05) is 25.6 Å². The Balaban J connectivity index is 2.79. The predicted molar refractivity (Wildman–Crippen MR) is 72.2 cm³/mol. The minimum atomic E-state index is 0.185. The highest BCUT2D eigenvalue weighted by molar-refractivity contribution is 7.80. The number of para-hydroxylation sites is 2. The molecule has 1 unspecified atom stereocenters. The Morgan fingerprint density at radius 2 is 2.12 bits per heavy atom. The van der Waals surface area contributed by atoms with E-state index in [9.17, 15) is 0 Å². The van der Waals surface area contributed by atoms with Gasteiger partial charge < -0.3 is 15.4 Å². The minimum Gasteiger partial charge on any atom is -0.495 e. The molecule has 4 heteroatoms. The van der Waals surface area contributed by atoms with Gasteiger partial charge in [-0.25, -0.2) is 0 Å². The fraction of sp³-hybridized carbons (Fsp3) is 0.417. The third kappa shape index (κ3) is 3.10. The number of hydrogen-bond acceptors (Lipinski definition) is 3. The summed E-state index contributed by atoms with van der Waals surface area (Å²) in [4.78, 5) is 2.64. The number of rotatable bonds is 5. The van der Waals surface area contributed by atoms with E-state index in [1.807, 2.05) is 38.2 Å². The summed E-state index contributed by atoms with van der Waals surface area (Å²) in [5, 5.41) is 0. The molecule has 0 aromatic heterocycles. The van der Waals surface area contributed by atoms with Crippen molar-refractivity contribution in [2.24, 2.45) is 11.7 Å². The van der Waals surface area contributed by atoms with Crippen molar-refractivity contribution in [3.05, 3.63) is 24.3 Å². The van der Waals surface area contributed by atoms with Gasteiger partial charge in [0.05, 0.1) is 17.8 Å². The van der Waals surface area contributed by atoms with Gasteiger partial charge in [-0.1, -0.05) is 31.3 Å². The highest BCUT2D eigenvalue weighted by atomic mass is 32.1. The van der Waals surface area contributed by atoms with Crippen molar-refractivity contribution < 1.29 is 4.74 Å². The zero-order valence-electron chi connectivity index (χ0n) is 9.93. The maximum Gasteiger partial charge on any atom is 0.142 e. The van der Waals surface area contributed by atoms with Crippen molar-refractivity contribution >= 4 is 22.9 Å². The van der Waals surface area contributed by atoms with Gasteiger partial charge in [-0.15, -0.1) is 0 Å². The first-order valence-electron chi connectivity index (χ1n) is 5.19. The van der Waals surface area contributed by atoms with Crippen LogP contribution in [0, 0.1) is 5.92 Å². The van der Waals surface area contributed by atoms with Crippen LogP contribution in [0.5, 0.6) is 5.75 Å². The van der Waals surface area contributed by atoms with E-state index in [0.29, 0.717) is 4.99 Å². The summed E-state index contributed by atoms with van der Waals surface area (Å²) in [5.41, 5.74) is 6.66. The Morgan fingerprint density at radius 3 is 2.69 bits per heavy atom. The second kappa shape index (κ2) is 5.70. The lowest BCUT2D eigenvalue weighted by Crippen LogP contribution is -2.31. The third-order valence-electron chi connectivity index (χ3n) is 2.53. The van der Waals surface area contributed by atoms with Gasteiger partial charge >= 0.3 is 0 Å². The largest absolute Gasteiger partial charge is 0.495 e. The average Bonchev–Trinajstić information content (AvgIpc) is 2.28. The molecule has 1 rings (SSSR count). The van der Waals surface area contributed by atoms with Crippen LogP contribution in [0.1, 0.15) is 6.92 Å². The van der Waals surface area contributed by atoms with Gasteiger partial charge in [0.25, 0.3) is 0 Å². The summed E-state index contributed by atoms with van der Waals surface area (Å²) in [7, 11) is 3.68. The summed E-state index contributed by atoms with van der Waals surface area (Å²) in [6.45, 7) is 2.81. The molecule has 0 bridgehead atoms. The molecule has 1 aromatic carbocycles. The summed E-state index contributed by atoms with van der Waals surface area (Å²) >= 11 is 4.97. The van der Waals surface area contributed by atoms with E-state index in [1.165, 1.54) is 0 Å². The number of methoxy groups -OCH3 is 1. The average molecular weight is 238 g/mol. The lowest BCUT2D eigenvalue weighted by atomic mass is 10.1. The summed E-state index contributed by atoms with van der Waals surface area (Å²) in [6, 6.07) is 7.90. The normalized spacial score (nSPS) is 11.9. The molecule has 1 atom stereocenters. The molecule has 0 saturated carbocycles. The molecule has 0 fully saturated rings. The molecular formula is C12H18N2OS. The maximum absolute atomic E-state index is 5.61. The van der Waals surface area contributed by atoms with Gasteiger partial charge in [-0.05, 0) is 12.1 Å². The van der Waals surface area contributed by atoms with Crippen LogP contribution < -0.4 is 15.4 Å². The maximum atomic E-state index is 5.61. The molecule has 0 aliphatic carbocycles. The van der Waals surface area contributed by atoms with Crippen LogP contribution in [-0.2, 0) is 0 Å². The zero-order valence-corrected chi connectivity index (χ0v) is 10.8. The van der Waals surface area contributed by atoms with Crippen LogP contribution in [0.25, 0.3) is 0 Å². The first kappa shape index (κ1) is 12.8. The molecule has 3 nitrogen and oxygen atoms in total. The molecule has 0 spiro atoms. The van der Waals surface area contributed by atoms with E-state index in [2.05, 4.69) is 4.90 Å². The highest BCUT2D eigenvalue weighted by Crippen LogP contribution is 2.26. The zero-order chi connectivity index (χ0) is 12.1. The number of benzene rings is 1. The Morgan fingerprint density at radius 1 is 1.50 bits per heavy atom. The SMILES string of the molecule is COc1ccccc1N(C)CC(C)C(N)=S. The Kier molecular flexibility index (Phi) is 4.55. The predicted octanol–water partition coefficient (Wildman–Crippen LogP) is 2.05. The van der Waals surface area contributed by atoms with Crippen molar-refractivity contribution in [2.45, 2.75) is 6.92 Å². The van der Waals surface area contributed by atoms with Crippen molar-refractivity contribution in [1.29, 1.82) is 0 Å². The molecule has 0 radical (unpaired) electrons. The highest BCUT2D eigenvalue weighted by Gasteiger charge is 2.12. The third-order valence-corrected chi connectivity index (χ3v) is 2.93. The second-order valence-corrected chi connectivity index (χ2v) is 4.33. The second-order valence-electron chi connectivity index (χ2n) is 3.86. The fourth-order valence-corrected chi connectivity index (χ4v) is 1.62. The Bertz CT molecular complexity index is 368. The number of ether oxygens (including phenoxy) is 1. The Labute approximate surface area is 102 Å². The van der Waals surface area contributed by atoms with Crippen molar-refractivity contribution in [3.8, 4) is 5.75 Å². The molecule has 0 aliphatic heterocycles. The fourth-order valence-electron chi connectivity index (χ4n) is 1.54. The molecule has 16 heavy (non-hydrogen) atoms. The number of hydrogen-bond donors (Lipinski definition) is 1. The summed E-state index contributed by atoms with van der Waals surface area (Å²) in [5.74, 6) is 1.05. The molecule has 0 aliphatic rings. The lowest BCUT2D eigenvalue weighted by molar-refractivity contribution is 0.414. The Hall–Kier alpha value is -1.29. The molecule has 1 aromatic rings. The van der Waals surface area contributed by atoms with Gasteiger partial charge in [0.2, 0.25) is 0 Å². The quantitative estimate of drug-likeness (QED) is 0.797. The van der Waals surface area contributed by atoms with E-state index < -0.39 is 0 Å². The van der Waals surface area contributed by atoms with Crippen LogP contribution >= 0.6 is 12.2 Å². The molecule has 2 N–H and O–H groups in total. The monoisotopic (exact) mass is 238 g/mol. The van der Waals surface area contributed by atoms with Crippen LogP contribution in [-0.4, -0.2) is 25.7 Å².